The molecule has 3 rings (SSSR count). The Morgan fingerprint density at radius 1 is 1.10 bits per heavy atom. The molecule has 0 radical (unpaired) electrons. The monoisotopic (exact) mass is 421 g/mol. The Hall–Kier alpha value is -3.69. The summed E-state index contributed by atoms with van der Waals surface area (Å²) in [6.07, 6.45) is -5.67. The van der Waals surface area contributed by atoms with Crippen molar-refractivity contribution in [2.45, 2.75) is 19.2 Å². The number of nitrogens with zero attached hydrogens (tertiary/aromatic N) is 2. The van der Waals surface area contributed by atoms with Crippen LogP contribution < -0.4 is 15.6 Å². The van der Waals surface area contributed by atoms with Gasteiger partial charge in [-0.3, -0.25) is 9.59 Å². The van der Waals surface area contributed by atoms with E-state index in [2.05, 4.69) is 10.4 Å². The summed E-state index contributed by atoms with van der Waals surface area (Å²) < 4.78 is 57.8. The number of nitrogens with one attached hydrogen (secondary N) is 1. The first kappa shape index (κ1) is 21.0. The molecular weight excluding hydrogens is 406 g/mol. The van der Waals surface area contributed by atoms with E-state index in [4.69, 9.17) is 4.74 Å². The Morgan fingerprint density at radius 2 is 1.80 bits per heavy atom. The number of carbonyl (C=O) groups excluding carboxylic acids is 1. The van der Waals surface area contributed by atoms with Crippen LogP contribution in [0.4, 0.5) is 23.2 Å². The van der Waals surface area contributed by atoms with Crippen LogP contribution in [0.1, 0.15) is 12.5 Å². The van der Waals surface area contributed by atoms with Crippen LogP contribution in [0.3, 0.4) is 0 Å². The highest BCUT2D eigenvalue weighted by Crippen LogP contribution is 2.30. The first-order chi connectivity index (χ1) is 14.1. The van der Waals surface area contributed by atoms with E-state index in [0.29, 0.717) is 0 Å². The third-order valence-electron chi connectivity index (χ3n) is 3.97. The maximum atomic E-state index is 13.1. The minimum Gasteiger partial charge on any atom is -0.463 e. The van der Waals surface area contributed by atoms with E-state index in [0.717, 1.165) is 35.0 Å². The zero-order valence-corrected chi connectivity index (χ0v) is 15.5. The van der Waals surface area contributed by atoms with Gasteiger partial charge in [0.1, 0.15) is 5.82 Å². The number of anilines is 1. The van der Waals surface area contributed by atoms with Crippen molar-refractivity contribution in [3.05, 3.63) is 82.4 Å². The molecule has 6 nitrogen and oxygen atoms in total. The third kappa shape index (κ3) is 5.02. The maximum absolute atomic E-state index is 13.1. The topological polar surface area (TPSA) is 73.2 Å². The van der Waals surface area contributed by atoms with Crippen molar-refractivity contribution in [3.63, 3.8) is 0 Å². The first-order valence-electron chi connectivity index (χ1n) is 8.64. The number of rotatable bonds is 5. The summed E-state index contributed by atoms with van der Waals surface area (Å²) >= 11 is 0. The number of halogens is 4. The normalized spacial score (nSPS) is 12.3. The van der Waals surface area contributed by atoms with Gasteiger partial charge in [0.05, 0.1) is 11.3 Å². The average molecular weight is 421 g/mol. The van der Waals surface area contributed by atoms with Crippen LogP contribution in [0.25, 0.3) is 5.69 Å². The largest absolute Gasteiger partial charge is 0.463 e. The van der Waals surface area contributed by atoms with Crippen LogP contribution in [0.5, 0.6) is 5.88 Å². The summed E-state index contributed by atoms with van der Waals surface area (Å²) in [6, 6.07) is 11.6. The molecule has 0 spiro atoms. The van der Waals surface area contributed by atoms with Gasteiger partial charge in [-0.1, -0.05) is 6.07 Å². The summed E-state index contributed by atoms with van der Waals surface area (Å²) in [5, 5.41) is 6.32. The summed E-state index contributed by atoms with van der Waals surface area (Å²) in [7, 11) is 0. The summed E-state index contributed by atoms with van der Waals surface area (Å²) in [5.74, 6) is -1.28. The van der Waals surface area contributed by atoms with E-state index in [9.17, 15) is 27.2 Å². The summed E-state index contributed by atoms with van der Waals surface area (Å²) in [6.45, 7) is 1.37. The quantitative estimate of drug-likeness (QED) is 0.637. The molecule has 1 heterocycles. The van der Waals surface area contributed by atoms with E-state index in [1.807, 2.05) is 0 Å². The van der Waals surface area contributed by atoms with Crippen molar-refractivity contribution in [3.8, 4) is 11.6 Å². The Labute approximate surface area is 167 Å². The molecule has 0 aliphatic rings. The van der Waals surface area contributed by atoms with E-state index in [1.54, 1.807) is 0 Å². The van der Waals surface area contributed by atoms with Gasteiger partial charge in [0, 0.05) is 17.8 Å². The van der Waals surface area contributed by atoms with Crippen molar-refractivity contribution >= 4 is 11.6 Å². The van der Waals surface area contributed by atoms with Gasteiger partial charge in [0.25, 0.3) is 11.5 Å². The molecular formula is C20H15F4N3O3. The second-order valence-corrected chi connectivity index (χ2v) is 6.23. The standard InChI is InChI=1S/C20H15F4N3O3/c1-12(19(29)25-15-4-2-3-13(11-15)20(22,23)24)30-17-9-10-18(28)27(26-17)16-7-5-14(21)6-8-16/h2-12H,1H3,(H,25,29)/t12-/m1/s1. The lowest BCUT2D eigenvalue weighted by Crippen LogP contribution is -2.31. The molecule has 0 fully saturated rings. The maximum Gasteiger partial charge on any atom is 0.416 e. The SMILES string of the molecule is C[C@@H](Oc1ccc(=O)n(-c2ccc(F)cc2)n1)C(=O)Nc1cccc(C(F)(F)F)c1. The summed E-state index contributed by atoms with van der Waals surface area (Å²) in [4.78, 5) is 24.3. The number of ether oxygens (including phenoxy) is 1. The van der Waals surface area contributed by atoms with Crippen molar-refractivity contribution < 1.29 is 27.1 Å². The fraction of sp³-hybridized carbons (Fsp3) is 0.150. The van der Waals surface area contributed by atoms with Gasteiger partial charge < -0.3 is 10.1 Å². The van der Waals surface area contributed by atoms with Crippen molar-refractivity contribution in [2.24, 2.45) is 0 Å². The van der Waals surface area contributed by atoms with E-state index >= 15 is 0 Å². The number of aromatic nitrogens is 2. The Morgan fingerprint density at radius 3 is 2.47 bits per heavy atom. The molecule has 0 saturated heterocycles. The van der Waals surface area contributed by atoms with Crippen LogP contribution >= 0.6 is 0 Å². The lowest BCUT2D eigenvalue weighted by molar-refractivity contribution is -0.137. The van der Waals surface area contributed by atoms with Gasteiger partial charge in [-0.15, -0.1) is 5.10 Å². The zero-order chi connectivity index (χ0) is 21.9. The van der Waals surface area contributed by atoms with Gasteiger partial charge in [-0.2, -0.15) is 17.9 Å². The zero-order valence-electron chi connectivity index (χ0n) is 15.5. The number of carbonyl (C=O) groups is 1. The highest BCUT2D eigenvalue weighted by Gasteiger charge is 2.30. The minimum absolute atomic E-state index is 0.0467. The minimum atomic E-state index is -4.54. The van der Waals surface area contributed by atoms with E-state index in [-0.39, 0.29) is 17.3 Å². The van der Waals surface area contributed by atoms with E-state index < -0.39 is 35.1 Å². The van der Waals surface area contributed by atoms with Gasteiger partial charge in [0.15, 0.2) is 6.10 Å². The highest BCUT2D eigenvalue weighted by molar-refractivity contribution is 5.94. The van der Waals surface area contributed by atoms with Crippen LogP contribution in [-0.4, -0.2) is 21.8 Å². The molecule has 0 saturated carbocycles. The molecule has 0 bridgehead atoms. The fourth-order valence-corrected chi connectivity index (χ4v) is 2.48. The Balaban J connectivity index is 1.73. The molecule has 1 atom stereocenters. The Bertz CT molecular complexity index is 1110. The van der Waals surface area contributed by atoms with E-state index in [1.165, 1.54) is 37.3 Å². The number of amides is 1. The molecule has 3 aromatic rings. The molecule has 30 heavy (non-hydrogen) atoms. The predicted octanol–water partition coefficient (Wildman–Crippen LogP) is 3.80. The molecule has 0 aliphatic carbocycles. The second-order valence-electron chi connectivity index (χ2n) is 6.23. The Kier molecular flexibility index (Phi) is 5.86. The van der Waals surface area contributed by atoms with Crippen LogP contribution in [0.2, 0.25) is 0 Å². The van der Waals surface area contributed by atoms with Crippen LogP contribution in [0.15, 0.2) is 65.5 Å². The van der Waals surface area contributed by atoms with Gasteiger partial charge in [-0.05, 0) is 49.4 Å². The van der Waals surface area contributed by atoms with Gasteiger partial charge >= 0.3 is 6.18 Å². The molecule has 0 unspecified atom stereocenters. The molecule has 2 aromatic carbocycles. The fourth-order valence-electron chi connectivity index (χ4n) is 2.48. The molecule has 10 heteroatoms. The molecule has 1 amide bonds. The lowest BCUT2D eigenvalue weighted by atomic mass is 10.2. The average Bonchev–Trinajstić information content (AvgIpc) is 2.69. The summed E-state index contributed by atoms with van der Waals surface area (Å²) in [5.41, 5.74) is -1.17. The molecule has 0 aliphatic heterocycles. The lowest BCUT2D eigenvalue weighted by Gasteiger charge is -2.15. The second kappa shape index (κ2) is 8.36. The first-order valence-corrected chi connectivity index (χ1v) is 8.64. The number of benzene rings is 2. The van der Waals surface area contributed by atoms with Gasteiger partial charge in [0.2, 0.25) is 5.88 Å². The van der Waals surface area contributed by atoms with Gasteiger partial charge in [-0.25, -0.2) is 4.39 Å². The third-order valence-corrected chi connectivity index (χ3v) is 3.97. The number of hydrogen-bond donors (Lipinski definition) is 1. The smallest absolute Gasteiger partial charge is 0.416 e. The van der Waals surface area contributed by atoms with Crippen LogP contribution in [-0.2, 0) is 11.0 Å². The van der Waals surface area contributed by atoms with Crippen molar-refractivity contribution in [1.82, 2.24) is 9.78 Å². The van der Waals surface area contributed by atoms with Crippen molar-refractivity contribution in [1.29, 1.82) is 0 Å². The predicted molar refractivity (Wildman–Crippen MR) is 100.0 cm³/mol. The molecule has 156 valence electrons. The molecule has 1 N–H and O–H groups in total. The highest BCUT2D eigenvalue weighted by atomic mass is 19.4. The molecule has 1 aromatic heterocycles. The van der Waals surface area contributed by atoms with Crippen molar-refractivity contribution in [2.75, 3.05) is 5.32 Å². The number of alkyl halides is 3. The number of hydrogen-bond acceptors (Lipinski definition) is 4. The van der Waals surface area contributed by atoms with Crippen LogP contribution in [0, 0.1) is 5.82 Å².